The van der Waals surface area contributed by atoms with Gasteiger partial charge in [-0.05, 0) is 42.7 Å². The first-order valence-corrected chi connectivity index (χ1v) is 10.3. The van der Waals surface area contributed by atoms with Crippen LogP contribution in [0.4, 0.5) is 0 Å². The minimum Gasteiger partial charge on any atom is -0.497 e. The van der Waals surface area contributed by atoms with Crippen LogP contribution in [0.5, 0.6) is 11.5 Å². The second kappa shape index (κ2) is 8.42. The third-order valence-corrected chi connectivity index (χ3v) is 5.55. The highest BCUT2D eigenvalue weighted by molar-refractivity contribution is 7.98. The van der Waals surface area contributed by atoms with E-state index in [9.17, 15) is 4.79 Å². The molecule has 3 rings (SSSR count). The second-order valence-corrected chi connectivity index (χ2v) is 7.51. The Kier molecular flexibility index (Phi) is 6.00. The molecule has 0 saturated carbocycles. The fourth-order valence-electron chi connectivity index (χ4n) is 2.57. The lowest BCUT2D eigenvalue weighted by Crippen LogP contribution is -2.18. The van der Waals surface area contributed by atoms with Crippen LogP contribution in [-0.2, 0) is 6.54 Å². The normalized spacial score (nSPS) is 11.7. The molecule has 0 unspecified atom stereocenters. The Balaban J connectivity index is 2.08. The summed E-state index contributed by atoms with van der Waals surface area (Å²) < 4.78 is 13.6. The number of hydrogen-bond acceptors (Lipinski definition) is 5. The molecule has 0 spiro atoms. The molecule has 0 N–H and O–H groups in total. The molecule has 0 atom stereocenters. The lowest BCUT2D eigenvalue weighted by molar-refractivity contribution is 0.0997. The molecule has 0 aliphatic heterocycles. The fraction of sp³-hybridized carbons (Fsp3) is 0.263. The topological polar surface area (TPSA) is 52.8 Å². The van der Waals surface area contributed by atoms with Gasteiger partial charge in [0.1, 0.15) is 11.5 Å². The molecule has 3 aromatic rings. The summed E-state index contributed by atoms with van der Waals surface area (Å²) in [6.07, 6.45) is 2.07. The SMILES string of the molecule is COc1cccc(C(=O)N=c2sc3cc(OC)ccc3n2CCSC)c1. The van der Waals surface area contributed by atoms with E-state index in [0.29, 0.717) is 16.1 Å². The van der Waals surface area contributed by atoms with E-state index in [1.165, 1.54) is 11.3 Å². The number of aromatic nitrogens is 1. The summed E-state index contributed by atoms with van der Waals surface area (Å²) in [5.41, 5.74) is 1.57. The van der Waals surface area contributed by atoms with Gasteiger partial charge in [-0.1, -0.05) is 17.4 Å². The Bertz CT molecular complexity index is 992. The van der Waals surface area contributed by atoms with Gasteiger partial charge in [0, 0.05) is 17.9 Å². The van der Waals surface area contributed by atoms with Crippen LogP contribution < -0.4 is 14.3 Å². The number of amides is 1. The molecular formula is C19H20N2O3S2. The van der Waals surface area contributed by atoms with E-state index in [-0.39, 0.29) is 5.91 Å². The van der Waals surface area contributed by atoms with E-state index in [4.69, 9.17) is 9.47 Å². The Hall–Kier alpha value is -2.25. The van der Waals surface area contributed by atoms with Gasteiger partial charge in [-0.3, -0.25) is 4.79 Å². The van der Waals surface area contributed by atoms with Gasteiger partial charge in [0.15, 0.2) is 4.80 Å². The number of ether oxygens (including phenoxy) is 2. The molecule has 0 fully saturated rings. The first kappa shape index (κ1) is 18.5. The third kappa shape index (κ3) is 3.94. The Morgan fingerprint density at radius 1 is 1.15 bits per heavy atom. The van der Waals surface area contributed by atoms with Gasteiger partial charge in [-0.15, -0.1) is 0 Å². The van der Waals surface area contributed by atoms with Crippen molar-refractivity contribution in [3.8, 4) is 11.5 Å². The summed E-state index contributed by atoms with van der Waals surface area (Å²) in [5.74, 6) is 2.10. The number of carbonyl (C=O) groups excluding carboxylic acids is 1. The standard InChI is InChI=1S/C19H20N2O3S2/c1-23-14-6-4-5-13(11-14)18(22)20-19-21(9-10-25-3)16-8-7-15(24-2)12-17(16)26-19/h4-8,11-12H,9-10H2,1-3H3. The maximum absolute atomic E-state index is 12.6. The van der Waals surface area contributed by atoms with Crippen molar-refractivity contribution >= 4 is 39.2 Å². The molecule has 0 aliphatic rings. The average molecular weight is 389 g/mol. The van der Waals surface area contributed by atoms with Gasteiger partial charge in [0.2, 0.25) is 0 Å². The number of aryl methyl sites for hydroxylation is 1. The van der Waals surface area contributed by atoms with E-state index >= 15 is 0 Å². The molecule has 1 amide bonds. The largest absolute Gasteiger partial charge is 0.497 e. The van der Waals surface area contributed by atoms with Crippen molar-refractivity contribution in [3.05, 3.63) is 52.8 Å². The molecule has 2 aromatic carbocycles. The molecule has 0 radical (unpaired) electrons. The van der Waals surface area contributed by atoms with Crippen LogP contribution in [0.3, 0.4) is 0 Å². The molecule has 136 valence electrons. The minimum atomic E-state index is -0.277. The summed E-state index contributed by atoms with van der Waals surface area (Å²) in [6.45, 7) is 0.789. The molecular weight excluding hydrogens is 368 g/mol. The summed E-state index contributed by atoms with van der Waals surface area (Å²) in [6, 6.07) is 13.0. The van der Waals surface area contributed by atoms with Gasteiger partial charge in [-0.25, -0.2) is 0 Å². The van der Waals surface area contributed by atoms with Crippen molar-refractivity contribution in [1.29, 1.82) is 0 Å². The Labute approximate surface area is 160 Å². The van der Waals surface area contributed by atoms with Crippen LogP contribution >= 0.6 is 23.1 Å². The zero-order valence-corrected chi connectivity index (χ0v) is 16.5. The van der Waals surface area contributed by atoms with Crippen molar-refractivity contribution in [2.75, 3.05) is 26.2 Å². The fourth-order valence-corrected chi connectivity index (χ4v) is 4.02. The van der Waals surface area contributed by atoms with Crippen molar-refractivity contribution < 1.29 is 14.3 Å². The molecule has 7 heteroatoms. The van der Waals surface area contributed by atoms with Gasteiger partial charge in [0.05, 0.1) is 24.4 Å². The number of thiazole rings is 1. The summed E-state index contributed by atoms with van der Waals surface area (Å²) in [7, 11) is 3.23. The number of carbonyl (C=O) groups is 1. The van der Waals surface area contributed by atoms with Crippen molar-refractivity contribution in [2.24, 2.45) is 4.99 Å². The first-order valence-electron chi connectivity index (χ1n) is 8.05. The van der Waals surface area contributed by atoms with Crippen LogP contribution in [0.2, 0.25) is 0 Å². The second-order valence-electron chi connectivity index (χ2n) is 5.51. The summed E-state index contributed by atoms with van der Waals surface area (Å²) in [4.78, 5) is 17.7. The monoisotopic (exact) mass is 388 g/mol. The summed E-state index contributed by atoms with van der Waals surface area (Å²) >= 11 is 3.25. The molecule has 5 nitrogen and oxygen atoms in total. The molecule has 0 saturated heterocycles. The van der Waals surface area contributed by atoms with Crippen molar-refractivity contribution in [1.82, 2.24) is 4.57 Å². The number of nitrogens with zero attached hydrogens (tertiary/aromatic N) is 2. The third-order valence-electron chi connectivity index (χ3n) is 3.92. The van der Waals surface area contributed by atoms with E-state index in [1.54, 1.807) is 50.2 Å². The van der Waals surface area contributed by atoms with Crippen LogP contribution in [0.25, 0.3) is 10.2 Å². The van der Waals surface area contributed by atoms with Gasteiger partial charge < -0.3 is 14.0 Å². The van der Waals surface area contributed by atoms with Crippen molar-refractivity contribution in [2.45, 2.75) is 6.54 Å². The lowest BCUT2D eigenvalue weighted by Gasteiger charge is -2.05. The smallest absolute Gasteiger partial charge is 0.279 e. The average Bonchev–Trinajstić information content (AvgIpc) is 3.02. The predicted molar refractivity (Wildman–Crippen MR) is 108 cm³/mol. The molecule has 0 aliphatic carbocycles. The Morgan fingerprint density at radius 2 is 1.92 bits per heavy atom. The zero-order chi connectivity index (χ0) is 18.5. The minimum absolute atomic E-state index is 0.277. The highest BCUT2D eigenvalue weighted by Crippen LogP contribution is 2.23. The van der Waals surface area contributed by atoms with Crippen LogP contribution in [0, 0.1) is 0 Å². The lowest BCUT2D eigenvalue weighted by atomic mass is 10.2. The van der Waals surface area contributed by atoms with E-state index < -0.39 is 0 Å². The number of thioether (sulfide) groups is 1. The highest BCUT2D eigenvalue weighted by atomic mass is 32.2. The number of rotatable bonds is 6. The summed E-state index contributed by atoms with van der Waals surface area (Å²) in [5, 5.41) is 0. The van der Waals surface area contributed by atoms with Gasteiger partial charge in [-0.2, -0.15) is 16.8 Å². The van der Waals surface area contributed by atoms with E-state index in [1.807, 2.05) is 18.2 Å². The number of benzene rings is 2. The molecule has 26 heavy (non-hydrogen) atoms. The van der Waals surface area contributed by atoms with Gasteiger partial charge in [0.25, 0.3) is 5.91 Å². The van der Waals surface area contributed by atoms with Gasteiger partial charge >= 0.3 is 0 Å². The predicted octanol–water partition coefficient (Wildman–Crippen LogP) is 3.82. The first-order chi connectivity index (χ1) is 12.7. The molecule has 1 heterocycles. The number of methoxy groups -OCH3 is 2. The van der Waals surface area contributed by atoms with Crippen LogP contribution in [0.1, 0.15) is 10.4 Å². The Morgan fingerprint density at radius 3 is 2.65 bits per heavy atom. The van der Waals surface area contributed by atoms with Crippen LogP contribution in [0.15, 0.2) is 47.5 Å². The molecule has 0 bridgehead atoms. The van der Waals surface area contributed by atoms with Crippen LogP contribution in [-0.4, -0.2) is 36.7 Å². The number of fused-ring (bicyclic) bond motifs is 1. The van der Waals surface area contributed by atoms with E-state index in [0.717, 1.165) is 28.3 Å². The zero-order valence-electron chi connectivity index (χ0n) is 14.9. The van der Waals surface area contributed by atoms with E-state index in [2.05, 4.69) is 15.8 Å². The maximum atomic E-state index is 12.6. The number of hydrogen-bond donors (Lipinski definition) is 0. The quantitative estimate of drug-likeness (QED) is 0.644. The molecule has 1 aromatic heterocycles. The highest BCUT2D eigenvalue weighted by Gasteiger charge is 2.10. The maximum Gasteiger partial charge on any atom is 0.279 e. The van der Waals surface area contributed by atoms with Crippen molar-refractivity contribution in [3.63, 3.8) is 0 Å².